The van der Waals surface area contributed by atoms with Crippen molar-refractivity contribution in [2.45, 2.75) is 26.8 Å². The summed E-state index contributed by atoms with van der Waals surface area (Å²) in [5.74, 6) is 0. The molecule has 0 bridgehead atoms. The minimum absolute atomic E-state index is 1.00. The zero-order valence-corrected chi connectivity index (χ0v) is 5.86. The third-order valence-electron chi connectivity index (χ3n) is 0.792. The molecule has 0 saturated heterocycles. The molecule has 0 aromatic rings. The first-order valence-corrected chi connectivity index (χ1v) is 2.54. The van der Waals surface area contributed by atoms with Gasteiger partial charge in [0, 0.05) is 16.6 Å². The second-order valence-corrected chi connectivity index (χ2v) is 1.65. The van der Waals surface area contributed by atoms with Gasteiger partial charge in [0.05, 0.1) is 7.11 Å². The Morgan fingerprint density at radius 2 is 2.38 bits per heavy atom. The van der Waals surface area contributed by atoms with Crippen molar-refractivity contribution in [2.75, 3.05) is 13.6 Å². The van der Waals surface area contributed by atoms with Gasteiger partial charge in [-0.25, -0.2) is 0 Å². The van der Waals surface area contributed by atoms with Crippen LogP contribution in [0.4, 0.5) is 0 Å². The maximum absolute atomic E-state index is 7.51. The molecule has 0 unspecified atom stereocenters. The van der Waals surface area contributed by atoms with Crippen molar-refractivity contribution in [3.8, 4) is 0 Å². The Balaban J connectivity index is 4.43. The lowest BCUT2D eigenvalue weighted by atomic mass is 10.4. The van der Waals surface area contributed by atoms with E-state index in [1.807, 2.05) is 0 Å². The molecule has 0 heterocycles. The second-order valence-electron chi connectivity index (χ2n) is 1.65. The first kappa shape index (κ1) is 3.85. The van der Waals surface area contributed by atoms with Crippen molar-refractivity contribution < 1.29 is 8.95 Å². The predicted octanol–water partition coefficient (Wildman–Crippen LogP) is 1.28. The number of hydroxylamine groups is 2. The lowest BCUT2D eigenvalue weighted by Gasteiger charge is -2.20. The van der Waals surface area contributed by atoms with Crippen LogP contribution < -0.4 is 0 Å². The maximum atomic E-state index is 7.51. The normalized spacial score (nSPS) is 19.9. The second kappa shape index (κ2) is 3.87. The van der Waals surface area contributed by atoms with Gasteiger partial charge in [-0.3, -0.25) is 0 Å². The summed E-state index contributed by atoms with van der Waals surface area (Å²) < 4.78 is 22.1. The fourth-order valence-electron chi connectivity index (χ4n) is 0.497. The van der Waals surface area contributed by atoms with Gasteiger partial charge in [0.2, 0.25) is 0 Å². The lowest BCUT2D eigenvalue weighted by molar-refractivity contribution is -0.149. The van der Waals surface area contributed by atoms with E-state index in [1.54, 1.807) is 13.8 Å². The molecule has 0 fully saturated rings. The summed E-state index contributed by atoms with van der Waals surface area (Å²) in [5.41, 5.74) is 0. The van der Waals surface area contributed by atoms with Crippen molar-refractivity contribution in [1.82, 2.24) is 5.06 Å². The Hall–Kier alpha value is -0.0800. The molecule has 0 saturated carbocycles. The molecule has 2 nitrogen and oxygen atoms in total. The van der Waals surface area contributed by atoms with Gasteiger partial charge in [-0.15, -0.1) is 0 Å². The average Bonchev–Trinajstić information content (AvgIpc) is 1.56. The summed E-state index contributed by atoms with van der Waals surface area (Å²) in [5, 5.41) is 1.00. The van der Waals surface area contributed by atoms with E-state index in [-0.39, 0.29) is 0 Å². The summed E-state index contributed by atoms with van der Waals surface area (Å²) in [6.45, 7) is 2.86. The van der Waals surface area contributed by atoms with Crippen molar-refractivity contribution in [3.63, 3.8) is 0 Å². The molecule has 8 heavy (non-hydrogen) atoms. The topological polar surface area (TPSA) is 12.5 Å². The Bertz CT molecular complexity index is 113. The molecular weight excluding hydrogens is 102 g/mol. The minimum Gasteiger partial charge on any atom is -0.302 e. The minimum atomic E-state index is -1.62. The van der Waals surface area contributed by atoms with Gasteiger partial charge in [0.15, 0.2) is 0 Å². The molecule has 50 valence electrons. The van der Waals surface area contributed by atoms with E-state index < -0.39 is 12.5 Å². The molecular formula is C6H15NO. The Morgan fingerprint density at radius 1 is 1.88 bits per heavy atom. The number of rotatable bonds is 3. The molecule has 0 aromatic carbocycles. The van der Waals surface area contributed by atoms with Gasteiger partial charge in [0.1, 0.15) is 0 Å². The van der Waals surface area contributed by atoms with Crippen LogP contribution in [0.15, 0.2) is 0 Å². The van der Waals surface area contributed by atoms with Crippen LogP contribution in [0.25, 0.3) is 0 Å². The standard InChI is InChI=1S/C6H15NO/c1-5-7(8-4)6(2)3/h6H,5H2,1-4H3/i5T2,6T. The van der Waals surface area contributed by atoms with E-state index in [4.69, 9.17) is 8.95 Å². The van der Waals surface area contributed by atoms with Gasteiger partial charge in [-0.05, 0) is 13.8 Å². The molecule has 0 atom stereocenters. The van der Waals surface area contributed by atoms with Crippen LogP contribution in [0.1, 0.15) is 24.9 Å². The first-order valence-electron chi connectivity index (χ1n) is 4.04. The van der Waals surface area contributed by atoms with E-state index in [1.165, 1.54) is 14.0 Å². The first-order chi connectivity index (χ1) is 4.69. The van der Waals surface area contributed by atoms with Gasteiger partial charge in [0.25, 0.3) is 0 Å². The van der Waals surface area contributed by atoms with Crippen molar-refractivity contribution >= 4 is 0 Å². The van der Waals surface area contributed by atoms with Crippen LogP contribution in [0, 0.1) is 0 Å². The molecule has 0 amide bonds. The molecule has 0 radical (unpaired) electrons. The highest BCUT2D eigenvalue weighted by atomic mass is 16.7. The highest BCUT2D eigenvalue weighted by Gasteiger charge is 2.02. The monoisotopic (exact) mass is 123 g/mol. The average molecular weight is 123 g/mol. The molecule has 0 aliphatic rings. The van der Waals surface area contributed by atoms with E-state index in [0.717, 1.165) is 5.06 Å². The molecule has 0 spiro atoms. The number of hydrogen-bond acceptors (Lipinski definition) is 2. The van der Waals surface area contributed by atoms with Gasteiger partial charge in [-0.2, -0.15) is 5.06 Å². The molecule has 0 rings (SSSR count). The molecule has 0 N–H and O–H groups in total. The molecule has 0 aliphatic heterocycles. The van der Waals surface area contributed by atoms with E-state index in [9.17, 15) is 0 Å². The molecule has 0 aromatic heterocycles. The highest BCUT2D eigenvalue weighted by molar-refractivity contribution is 4.46. The summed E-state index contributed by atoms with van der Waals surface area (Å²) in [4.78, 5) is 4.75. The summed E-state index contributed by atoms with van der Waals surface area (Å²) in [6, 6.07) is -1.06. The van der Waals surface area contributed by atoms with Crippen LogP contribution in [0.3, 0.4) is 0 Å². The smallest absolute Gasteiger partial charge is 0.0575 e. The van der Waals surface area contributed by atoms with Crippen molar-refractivity contribution in [1.29, 1.82) is 0 Å². The number of nitrogens with zero attached hydrogens (tertiary/aromatic N) is 1. The summed E-state index contributed by atoms with van der Waals surface area (Å²) in [7, 11) is 1.36. The third kappa shape index (κ3) is 2.28. The van der Waals surface area contributed by atoms with Crippen LogP contribution in [0.2, 0.25) is 0 Å². The fraction of sp³-hybridized carbons (Fsp3) is 1.00. The maximum Gasteiger partial charge on any atom is 0.0575 e. The van der Waals surface area contributed by atoms with Crippen LogP contribution in [-0.4, -0.2) is 24.7 Å². The molecule has 0 aliphatic carbocycles. The lowest BCUT2D eigenvalue weighted by Crippen LogP contribution is -2.29. The predicted molar refractivity (Wildman–Crippen MR) is 34.5 cm³/mol. The Labute approximate surface area is 55.6 Å². The van der Waals surface area contributed by atoms with Crippen molar-refractivity contribution in [3.05, 3.63) is 0 Å². The molecule has 2 heteroatoms. The summed E-state index contributed by atoms with van der Waals surface area (Å²) >= 11 is 0. The van der Waals surface area contributed by atoms with Crippen LogP contribution in [-0.2, 0) is 4.84 Å². The summed E-state index contributed by atoms with van der Waals surface area (Å²) in [6.07, 6.45) is 0. The fourth-order valence-corrected chi connectivity index (χ4v) is 0.497. The number of hydrogen-bond donors (Lipinski definition) is 0. The van der Waals surface area contributed by atoms with Gasteiger partial charge >= 0.3 is 0 Å². The van der Waals surface area contributed by atoms with E-state index in [0.29, 0.717) is 0 Å². The van der Waals surface area contributed by atoms with E-state index >= 15 is 0 Å². The highest BCUT2D eigenvalue weighted by Crippen LogP contribution is 1.94. The van der Waals surface area contributed by atoms with Crippen LogP contribution in [0.5, 0.6) is 0 Å². The SMILES string of the molecule is [3H]C([3H])(C)N(OC)C([3H])(C)C. The Kier molecular flexibility index (Phi) is 1.86. The van der Waals surface area contributed by atoms with Crippen LogP contribution >= 0.6 is 0 Å². The Morgan fingerprint density at radius 3 is 2.38 bits per heavy atom. The van der Waals surface area contributed by atoms with Gasteiger partial charge in [-0.1, -0.05) is 6.92 Å². The quantitative estimate of drug-likeness (QED) is 0.524. The third-order valence-corrected chi connectivity index (χ3v) is 0.792. The van der Waals surface area contributed by atoms with E-state index in [2.05, 4.69) is 0 Å². The zero-order chi connectivity index (χ0) is 9.28. The zero-order valence-electron chi connectivity index (χ0n) is 8.86. The largest absolute Gasteiger partial charge is 0.302 e. The van der Waals surface area contributed by atoms with Crippen molar-refractivity contribution in [2.24, 2.45) is 0 Å². The van der Waals surface area contributed by atoms with Gasteiger partial charge < -0.3 is 4.84 Å².